The van der Waals surface area contributed by atoms with Crippen LogP contribution in [0.1, 0.15) is 48.5 Å². The molecule has 4 heteroatoms. The Morgan fingerprint density at radius 3 is 2.76 bits per heavy atom. The van der Waals surface area contributed by atoms with Crippen molar-refractivity contribution in [2.45, 2.75) is 45.1 Å². The zero-order valence-corrected chi connectivity index (χ0v) is 14.8. The van der Waals surface area contributed by atoms with E-state index in [1.807, 2.05) is 17.0 Å². The Labute approximate surface area is 149 Å². The van der Waals surface area contributed by atoms with Crippen molar-refractivity contribution in [3.63, 3.8) is 0 Å². The van der Waals surface area contributed by atoms with Crippen LogP contribution in [-0.4, -0.2) is 34.9 Å². The highest BCUT2D eigenvalue weighted by atomic mass is 16.2. The molecule has 2 aliphatic rings. The molecule has 1 unspecified atom stereocenters. The number of anilines is 2. The fourth-order valence-corrected chi connectivity index (χ4v) is 4.01. The Morgan fingerprint density at radius 2 is 1.96 bits per heavy atom. The molecule has 1 amide bonds. The van der Waals surface area contributed by atoms with Gasteiger partial charge in [-0.2, -0.15) is 0 Å². The maximum atomic E-state index is 12.8. The minimum Gasteiger partial charge on any atom is -0.336 e. The number of para-hydroxylation sites is 1. The molecule has 0 spiro atoms. The number of benzene rings is 1. The van der Waals surface area contributed by atoms with Crippen LogP contribution < -0.4 is 4.90 Å². The molecule has 0 saturated carbocycles. The first kappa shape index (κ1) is 16.1. The standard InChI is InChI=1S/C21H25N3O/c1-16-7-4-5-13-23(16)21(25)18-11-12-20(22-15-18)24-14-6-9-17-8-2-3-10-19(17)24/h2-3,8,10-12,15-16H,4-7,9,13-14H2,1H3. The van der Waals surface area contributed by atoms with Crippen LogP contribution in [0.4, 0.5) is 11.5 Å². The Hall–Kier alpha value is -2.36. The second-order valence-electron chi connectivity index (χ2n) is 7.13. The van der Waals surface area contributed by atoms with Crippen molar-refractivity contribution in [1.29, 1.82) is 0 Å². The van der Waals surface area contributed by atoms with Crippen LogP contribution in [0.15, 0.2) is 42.6 Å². The summed E-state index contributed by atoms with van der Waals surface area (Å²) < 4.78 is 0. The monoisotopic (exact) mass is 335 g/mol. The van der Waals surface area contributed by atoms with Gasteiger partial charge >= 0.3 is 0 Å². The fraction of sp³-hybridized carbons (Fsp3) is 0.429. The van der Waals surface area contributed by atoms with E-state index in [1.165, 1.54) is 17.7 Å². The van der Waals surface area contributed by atoms with E-state index in [4.69, 9.17) is 0 Å². The van der Waals surface area contributed by atoms with Crippen LogP contribution in [-0.2, 0) is 6.42 Å². The Kier molecular flexibility index (Phi) is 4.43. The van der Waals surface area contributed by atoms with Gasteiger partial charge in [-0.05, 0) is 62.8 Å². The number of pyridine rings is 1. The molecule has 1 atom stereocenters. The van der Waals surface area contributed by atoms with Gasteiger partial charge in [0.2, 0.25) is 0 Å². The quantitative estimate of drug-likeness (QED) is 0.826. The lowest BCUT2D eigenvalue weighted by atomic mass is 10.0. The first-order valence-electron chi connectivity index (χ1n) is 9.36. The zero-order valence-electron chi connectivity index (χ0n) is 14.8. The number of amides is 1. The Morgan fingerprint density at radius 1 is 1.08 bits per heavy atom. The van der Waals surface area contributed by atoms with Crippen molar-refractivity contribution in [2.24, 2.45) is 0 Å². The van der Waals surface area contributed by atoms with Crippen LogP contribution in [0, 0.1) is 0 Å². The number of carbonyl (C=O) groups is 1. The molecule has 2 aliphatic heterocycles. The van der Waals surface area contributed by atoms with Crippen molar-refractivity contribution in [2.75, 3.05) is 18.0 Å². The lowest BCUT2D eigenvalue weighted by Crippen LogP contribution is -2.42. The number of aromatic nitrogens is 1. The third-order valence-corrected chi connectivity index (χ3v) is 5.45. The Balaban J connectivity index is 1.56. The number of fused-ring (bicyclic) bond motifs is 1. The molecule has 1 saturated heterocycles. The second kappa shape index (κ2) is 6.87. The van der Waals surface area contributed by atoms with Gasteiger partial charge in [0.15, 0.2) is 0 Å². The summed E-state index contributed by atoms with van der Waals surface area (Å²) in [5, 5.41) is 0. The summed E-state index contributed by atoms with van der Waals surface area (Å²) in [7, 11) is 0. The number of carbonyl (C=O) groups excluding carboxylic acids is 1. The maximum Gasteiger partial charge on any atom is 0.255 e. The van der Waals surface area contributed by atoms with E-state index >= 15 is 0 Å². The molecule has 0 N–H and O–H groups in total. The van der Waals surface area contributed by atoms with Crippen LogP contribution in [0.3, 0.4) is 0 Å². The maximum absolute atomic E-state index is 12.8. The van der Waals surface area contributed by atoms with Crippen molar-refractivity contribution >= 4 is 17.4 Å². The van der Waals surface area contributed by atoms with E-state index in [0.29, 0.717) is 11.6 Å². The number of nitrogens with zero attached hydrogens (tertiary/aromatic N) is 3. The predicted octanol–water partition coefficient (Wildman–Crippen LogP) is 4.18. The van der Waals surface area contributed by atoms with Gasteiger partial charge in [-0.25, -0.2) is 4.98 Å². The van der Waals surface area contributed by atoms with Gasteiger partial charge in [0, 0.05) is 31.0 Å². The summed E-state index contributed by atoms with van der Waals surface area (Å²) in [5.41, 5.74) is 3.31. The van der Waals surface area contributed by atoms with Crippen LogP contribution in [0.25, 0.3) is 0 Å². The molecule has 4 rings (SSSR count). The second-order valence-corrected chi connectivity index (χ2v) is 7.13. The number of hydrogen-bond donors (Lipinski definition) is 0. The third kappa shape index (κ3) is 3.13. The molecule has 1 fully saturated rings. The predicted molar refractivity (Wildman–Crippen MR) is 100 cm³/mol. The van der Waals surface area contributed by atoms with Crippen molar-refractivity contribution in [1.82, 2.24) is 9.88 Å². The normalized spacial score (nSPS) is 20.3. The molecular weight excluding hydrogens is 310 g/mol. The SMILES string of the molecule is CC1CCCCN1C(=O)c1ccc(N2CCCc3ccccc32)nc1. The van der Waals surface area contributed by atoms with Gasteiger partial charge in [0.05, 0.1) is 5.56 Å². The van der Waals surface area contributed by atoms with Crippen LogP contribution in [0.5, 0.6) is 0 Å². The first-order chi connectivity index (χ1) is 12.2. The van der Waals surface area contributed by atoms with E-state index in [1.54, 1.807) is 6.20 Å². The third-order valence-electron chi connectivity index (χ3n) is 5.45. The lowest BCUT2D eigenvalue weighted by molar-refractivity contribution is 0.0635. The van der Waals surface area contributed by atoms with Gasteiger partial charge in [-0.3, -0.25) is 4.79 Å². The first-order valence-corrected chi connectivity index (χ1v) is 9.36. The highest BCUT2D eigenvalue weighted by molar-refractivity contribution is 5.94. The molecule has 130 valence electrons. The number of hydrogen-bond acceptors (Lipinski definition) is 3. The fourth-order valence-electron chi connectivity index (χ4n) is 4.01. The van der Waals surface area contributed by atoms with E-state index in [-0.39, 0.29) is 5.91 Å². The summed E-state index contributed by atoms with van der Waals surface area (Å²) in [6.45, 7) is 3.98. The molecule has 0 radical (unpaired) electrons. The molecule has 1 aromatic heterocycles. The van der Waals surface area contributed by atoms with Crippen LogP contribution in [0.2, 0.25) is 0 Å². The molecule has 4 nitrogen and oxygen atoms in total. The summed E-state index contributed by atoms with van der Waals surface area (Å²) in [6, 6.07) is 12.8. The summed E-state index contributed by atoms with van der Waals surface area (Å²) in [6.07, 6.45) is 7.42. The minimum atomic E-state index is 0.116. The highest BCUT2D eigenvalue weighted by Crippen LogP contribution is 2.32. The largest absolute Gasteiger partial charge is 0.336 e. The number of piperidine rings is 1. The summed E-state index contributed by atoms with van der Waals surface area (Å²) >= 11 is 0. The zero-order chi connectivity index (χ0) is 17.2. The topological polar surface area (TPSA) is 36.4 Å². The molecule has 0 aliphatic carbocycles. The van der Waals surface area contributed by atoms with Gasteiger partial charge in [0.25, 0.3) is 5.91 Å². The number of aryl methyl sites for hydroxylation is 1. The lowest BCUT2D eigenvalue weighted by Gasteiger charge is -2.33. The van der Waals surface area contributed by atoms with Gasteiger partial charge < -0.3 is 9.80 Å². The molecule has 25 heavy (non-hydrogen) atoms. The van der Waals surface area contributed by atoms with Crippen molar-refractivity contribution in [3.8, 4) is 0 Å². The van der Waals surface area contributed by atoms with E-state index in [2.05, 4.69) is 41.1 Å². The van der Waals surface area contributed by atoms with Gasteiger partial charge in [0.1, 0.15) is 5.82 Å². The molecule has 3 heterocycles. The molecule has 0 bridgehead atoms. The highest BCUT2D eigenvalue weighted by Gasteiger charge is 2.25. The van der Waals surface area contributed by atoms with Crippen molar-refractivity contribution in [3.05, 3.63) is 53.7 Å². The molecule has 2 aromatic rings. The van der Waals surface area contributed by atoms with Crippen molar-refractivity contribution < 1.29 is 4.79 Å². The Bertz CT molecular complexity index is 756. The minimum absolute atomic E-state index is 0.116. The summed E-state index contributed by atoms with van der Waals surface area (Å²) in [5.74, 6) is 1.04. The molecular formula is C21H25N3O. The molecule has 1 aromatic carbocycles. The van der Waals surface area contributed by atoms with E-state index in [9.17, 15) is 4.79 Å². The van der Waals surface area contributed by atoms with E-state index < -0.39 is 0 Å². The number of likely N-dealkylation sites (tertiary alicyclic amines) is 1. The van der Waals surface area contributed by atoms with Gasteiger partial charge in [-0.15, -0.1) is 0 Å². The van der Waals surface area contributed by atoms with E-state index in [0.717, 1.165) is 44.6 Å². The smallest absolute Gasteiger partial charge is 0.255 e. The summed E-state index contributed by atoms with van der Waals surface area (Å²) in [4.78, 5) is 21.6. The average molecular weight is 335 g/mol. The van der Waals surface area contributed by atoms with Crippen LogP contribution >= 0.6 is 0 Å². The number of rotatable bonds is 2. The average Bonchev–Trinajstić information content (AvgIpc) is 2.67. The van der Waals surface area contributed by atoms with Gasteiger partial charge in [-0.1, -0.05) is 18.2 Å².